The highest BCUT2D eigenvalue weighted by Gasteiger charge is 2.34. The molecule has 0 fully saturated rings. The van der Waals surface area contributed by atoms with E-state index in [1.165, 1.54) is 17.0 Å². The van der Waals surface area contributed by atoms with Gasteiger partial charge in [-0.3, -0.25) is 9.69 Å². The minimum absolute atomic E-state index is 0.0435. The fraction of sp³-hybridized carbons (Fsp3) is 0.235. The third-order valence-electron chi connectivity index (χ3n) is 3.57. The highest BCUT2D eigenvalue weighted by Crippen LogP contribution is 2.33. The van der Waals surface area contributed by atoms with Crippen LogP contribution in [0.4, 0.5) is 13.2 Å². The van der Waals surface area contributed by atoms with Crippen molar-refractivity contribution in [3.63, 3.8) is 0 Å². The Bertz CT molecular complexity index is 671. The van der Waals surface area contributed by atoms with Crippen molar-refractivity contribution in [2.45, 2.75) is 18.8 Å². The molecule has 0 radical (unpaired) electrons. The van der Waals surface area contributed by atoms with Gasteiger partial charge in [0.05, 0.1) is 5.56 Å². The number of halogens is 3. The summed E-state index contributed by atoms with van der Waals surface area (Å²) in [6, 6.07) is 13.3. The maximum Gasteiger partial charge on any atom is 0.416 e. The van der Waals surface area contributed by atoms with E-state index in [0.29, 0.717) is 5.56 Å². The molecule has 122 valence electrons. The summed E-state index contributed by atoms with van der Waals surface area (Å²) in [6.07, 6.45) is -4.44. The van der Waals surface area contributed by atoms with Crippen LogP contribution >= 0.6 is 0 Å². The molecule has 0 aromatic heterocycles. The van der Waals surface area contributed by atoms with Crippen molar-refractivity contribution in [3.8, 4) is 0 Å². The standard InChI is InChI=1S/C17H17F3N2O/c1-22(15(16(21)23)12-7-3-2-4-8-12)11-13-9-5-6-10-14(13)17(18,19)20/h2-10,15H,11H2,1H3,(H2,21,23)/t15-/m0/s1. The van der Waals surface area contributed by atoms with E-state index in [2.05, 4.69) is 0 Å². The molecule has 0 spiro atoms. The second-order valence-corrected chi connectivity index (χ2v) is 5.29. The fourth-order valence-corrected chi connectivity index (χ4v) is 2.57. The molecule has 3 nitrogen and oxygen atoms in total. The van der Waals surface area contributed by atoms with Gasteiger partial charge in [-0.05, 0) is 24.2 Å². The van der Waals surface area contributed by atoms with Crippen LogP contribution in [-0.4, -0.2) is 17.9 Å². The van der Waals surface area contributed by atoms with Gasteiger partial charge in [0, 0.05) is 6.54 Å². The SMILES string of the molecule is CN(Cc1ccccc1C(F)(F)F)[C@H](C(N)=O)c1ccccc1. The number of likely N-dealkylation sites (N-methyl/N-ethyl adjacent to an activating group) is 1. The lowest BCUT2D eigenvalue weighted by atomic mass is 10.0. The maximum atomic E-state index is 13.1. The Kier molecular flexibility index (Phi) is 5.05. The van der Waals surface area contributed by atoms with Gasteiger partial charge in [0.2, 0.25) is 5.91 Å². The Morgan fingerprint density at radius 2 is 1.65 bits per heavy atom. The van der Waals surface area contributed by atoms with Crippen molar-refractivity contribution < 1.29 is 18.0 Å². The Morgan fingerprint density at radius 1 is 1.09 bits per heavy atom. The summed E-state index contributed by atoms with van der Waals surface area (Å²) in [7, 11) is 1.58. The van der Waals surface area contributed by atoms with Crippen LogP contribution in [0.1, 0.15) is 22.7 Å². The summed E-state index contributed by atoms with van der Waals surface area (Å²) in [5.41, 5.74) is 5.49. The van der Waals surface area contributed by atoms with Crippen molar-refractivity contribution in [1.29, 1.82) is 0 Å². The van der Waals surface area contributed by atoms with Crippen LogP contribution in [0.3, 0.4) is 0 Å². The summed E-state index contributed by atoms with van der Waals surface area (Å²) in [5.74, 6) is -0.608. The van der Waals surface area contributed by atoms with Crippen LogP contribution in [-0.2, 0) is 17.5 Å². The van der Waals surface area contributed by atoms with E-state index in [9.17, 15) is 18.0 Å². The average Bonchev–Trinajstić information content (AvgIpc) is 2.47. The molecule has 0 aliphatic carbocycles. The van der Waals surface area contributed by atoms with Crippen LogP contribution in [0.2, 0.25) is 0 Å². The second kappa shape index (κ2) is 6.83. The van der Waals surface area contributed by atoms with E-state index < -0.39 is 23.7 Å². The molecule has 2 aromatic carbocycles. The van der Waals surface area contributed by atoms with Gasteiger partial charge in [-0.1, -0.05) is 48.5 Å². The van der Waals surface area contributed by atoms with E-state index in [-0.39, 0.29) is 12.1 Å². The molecule has 2 N–H and O–H groups in total. The number of hydrogen-bond acceptors (Lipinski definition) is 2. The van der Waals surface area contributed by atoms with E-state index >= 15 is 0 Å². The predicted molar refractivity (Wildman–Crippen MR) is 81.3 cm³/mol. The Labute approximate surface area is 132 Å². The largest absolute Gasteiger partial charge is 0.416 e. The normalized spacial score (nSPS) is 13.1. The van der Waals surface area contributed by atoms with Gasteiger partial charge in [-0.2, -0.15) is 13.2 Å². The van der Waals surface area contributed by atoms with Crippen molar-refractivity contribution in [3.05, 3.63) is 71.3 Å². The number of nitrogens with two attached hydrogens (primary N) is 1. The first-order chi connectivity index (χ1) is 10.8. The number of hydrogen-bond donors (Lipinski definition) is 1. The van der Waals surface area contributed by atoms with Crippen LogP contribution < -0.4 is 5.73 Å². The summed E-state index contributed by atoms with van der Waals surface area (Å²) < 4.78 is 39.2. The monoisotopic (exact) mass is 322 g/mol. The van der Waals surface area contributed by atoms with Crippen LogP contribution in [0.5, 0.6) is 0 Å². The summed E-state index contributed by atoms with van der Waals surface area (Å²) in [5, 5.41) is 0. The van der Waals surface area contributed by atoms with Crippen LogP contribution in [0.15, 0.2) is 54.6 Å². The molecule has 1 amide bonds. The highest BCUT2D eigenvalue weighted by molar-refractivity contribution is 5.81. The molecule has 0 aliphatic heterocycles. The summed E-state index contributed by atoms with van der Waals surface area (Å²) in [6.45, 7) is -0.0435. The number of alkyl halides is 3. The predicted octanol–water partition coefficient (Wildman–Crippen LogP) is 3.36. The van der Waals surface area contributed by atoms with Crippen LogP contribution in [0, 0.1) is 0 Å². The van der Waals surface area contributed by atoms with Crippen molar-refractivity contribution in [2.75, 3.05) is 7.05 Å². The highest BCUT2D eigenvalue weighted by atomic mass is 19.4. The van der Waals surface area contributed by atoms with E-state index in [0.717, 1.165) is 6.07 Å². The van der Waals surface area contributed by atoms with Gasteiger partial charge in [0.15, 0.2) is 0 Å². The lowest BCUT2D eigenvalue weighted by Crippen LogP contribution is -2.35. The molecule has 0 saturated carbocycles. The van der Waals surface area contributed by atoms with Gasteiger partial charge in [-0.25, -0.2) is 0 Å². The number of primary amides is 1. The first-order valence-electron chi connectivity index (χ1n) is 7.00. The quantitative estimate of drug-likeness (QED) is 0.917. The zero-order valence-corrected chi connectivity index (χ0v) is 12.5. The van der Waals surface area contributed by atoms with Gasteiger partial charge < -0.3 is 5.73 Å². The topological polar surface area (TPSA) is 46.3 Å². The molecule has 0 heterocycles. The molecule has 0 saturated heterocycles. The van der Waals surface area contributed by atoms with Crippen molar-refractivity contribution >= 4 is 5.91 Å². The number of benzene rings is 2. The molecule has 6 heteroatoms. The Balaban J connectivity index is 2.30. The zero-order valence-electron chi connectivity index (χ0n) is 12.5. The summed E-state index contributed by atoms with van der Waals surface area (Å²) >= 11 is 0. The molecule has 0 unspecified atom stereocenters. The number of rotatable bonds is 5. The minimum Gasteiger partial charge on any atom is -0.368 e. The average molecular weight is 322 g/mol. The molecule has 2 aromatic rings. The maximum absolute atomic E-state index is 13.1. The zero-order chi connectivity index (χ0) is 17.0. The smallest absolute Gasteiger partial charge is 0.368 e. The Morgan fingerprint density at radius 3 is 2.22 bits per heavy atom. The van der Waals surface area contributed by atoms with Crippen molar-refractivity contribution in [2.24, 2.45) is 5.73 Å². The number of carbonyl (C=O) groups excluding carboxylic acids is 1. The number of carbonyl (C=O) groups is 1. The van der Waals surface area contributed by atoms with Crippen LogP contribution in [0.25, 0.3) is 0 Å². The van der Waals surface area contributed by atoms with Crippen molar-refractivity contribution in [1.82, 2.24) is 4.90 Å². The number of nitrogens with zero attached hydrogens (tertiary/aromatic N) is 1. The molecule has 1 atom stereocenters. The number of amides is 1. The van der Waals surface area contributed by atoms with Gasteiger partial charge in [0.1, 0.15) is 6.04 Å². The molecular formula is C17H17F3N2O. The molecular weight excluding hydrogens is 305 g/mol. The van der Waals surface area contributed by atoms with E-state index in [1.807, 2.05) is 0 Å². The molecule has 0 aliphatic rings. The van der Waals surface area contributed by atoms with E-state index in [4.69, 9.17) is 5.73 Å². The van der Waals surface area contributed by atoms with E-state index in [1.54, 1.807) is 43.4 Å². The van der Waals surface area contributed by atoms with Gasteiger partial charge in [-0.15, -0.1) is 0 Å². The second-order valence-electron chi connectivity index (χ2n) is 5.29. The lowest BCUT2D eigenvalue weighted by Gasteiger charge is -2.27. The van der Waals surface area contributed by atoms with Gasteiger partial charge >= 0.3 is 6.18 Å². The minimum atomic E-state index is -4.44. The Hall–Kier alpha value is -2.34. The summed E-state index contributed by atoms with van der Waals surface area (Å²) in [4.78, 5) is 13.3. The first-order valence-corrected chi connectivity index (χ1v) is 7.00. The first kappa shape index (κ1) is 17.0. The molecule has 0 bridgehead atoms. The molecule has 2 rings (SSSR count). The fourth-order valence-electron chi connectivity index (χ4n) is 2.57. The lowest BCUT2D eigenvalue weighted by molar-refractivity contribution is -0.138. The van der Waals surface area contributed by atoms with Gasteiger partial charge in [0.25, 0.3) is 0 Å². The third-order valence-corrected chi connectivity index (χ3v) is 3.57. The third kappa shape index (κ3) is 4.10. The molecule has 23 heavy (non-hydrogen) atoms.